The number of rotatable bonds is 4. The highest BCUT2D eigenvalue weighted by atomic mass is 35.5. The maximum atomic E-state index is 11.9. The smallest absolute Gasteiger partial charge is 0.340 e. The molecule has 124 valence electrons. The number of benzene rings is 2. The second-order valence-corrected chi connectivity index (χ2v) is 5.11. The Balaban J connectivity index is 1.83. The summed E-state index contributed by atoms with van der Waals surface area (Å²) in [5.41, 5.74) is 6.38. The molecular formula is C16H14ClN3O4. The van der Waals surface area contributed by atoms with Crippen LogP contribution in [0.25, 0.3) is 0 Å². The molecule has 0 atom stereocenters. The number of nitrogens with two attached hydrogens (primary N) is 1. The van der Waals surface area contributed by atoms with Crippen molar-refractivity contribution >= 4 is 40.9 Å². The third-order valence-corrected chi connectivity index (χ3v) is 3.09. The van der Waals surface area contributed by atoms with Gasteiger partial charge < -0.3 is 15.8 Å². The maximum absolute atomic E-state index is 11.9. The second kappa shape index (κ2) is 7.98. The summed E-state index contributed by atoms with van der Waals surface area (Å²) in [6.45, 7) is -0.632. The molecule has 0 heterocycles. The Morgan fingerprint density at radius 2 is 1.79 bits per heavy atom. The van der Waals surface area contributed by atoms with Gasteiger partial charge in [0.05, 0.1) is 5.56 Å². The van der Waals surface area contributed by atoms with Crippen molar-refractivity contribution in [2.45, 2.75) is 0 Å². The summed E-state index contributed by atoms with van der Waals surface area (Å²) in [6.07, 6.45) is 0. The lowest BCUT2D eigenvalue weighted by Gasteiger charge is -2.08. The van der Waals surface area contributed by atoms with Crippen molar-refractivity contribution in [1.29, 1.82) is 0 Å². The number of hydrogen-bond donors (Lipinski definition) is 3. The van der Waals surface area contributed by atoms with E-state index in [1.54, 1.807) is 30.3 Å². The van der Waals surface area contributed by atoms with E-state index in [4.69, 9.17) is 22.1 Å². The number of imide groups is 1. The van der Waals surface area contributed by atoms with E-state index in [9.17, 15) is 14.4 Å². The molecular weight excluding hydrogens is 334 g/mol. The molecule has 2 aromatic carbocycles. The van der Waals surface area contributed by atoms with E-state index in [2.05, 4.69) is 5.32 Å². The summed E-state index contributed by atoms with van der Waals surface area (Å²) in [5.74, 6) is -1.59. The van der Waals surface area contributed by atoms with Crippen LogP contribution in [0.2, 0.25) is 5.02 Å². The van der Waals surface area contributed by atoms with Crippen molar-refractivity contribution in [2.75, 3.05) is 17.7 Å². The summed E-state index contributed by atoms with van der Waals surface area (Å²) in [4.78, 5) is 35.1. The molecule has 0 saturated heterocycles. The Bertz CT molecular complexity index is 765. The molecule has 4 N–H and O–H groups in total. The minimum Gasteiger partial charge on any atom is -0.452 e. The highest BCUT2D eigenvalue weighted by molar-refractivity contribution is 6.31. The molecule has 0 fully saturated rings. The van der Waals surface area contributed by atoms with E-state index in [1.165, 1.54) is 18.2 Å². The van der Waals surface area contributed by atoms with Gasteiger partial charge in [0.2, 0.25) is 0 Å². The number of nitrogens with one attached hydrogen (secondary N) is 2. The lowest BCUT2D eigenvalue weighted by Crippen LogP contribution is -2.37. The molecule has 2 aromatic rings. The number of amides is 3. The van der Waals surface area contributed by atoms with Crippen LogP contribution in [0.5, 0.6) is 0 Å². The van der Waals surface area contributed by atoms with E-state index >= 15 is 0 Å². The highest BCUT2D eigenvalue weighted by Crippen LogP contribution is 2.18. The molecule has 24 heavy (non-hydrogen) atoms. The monoisotopic (exact) mass is 347 g/mol. The third-order valence-electron chi connectivity index (χ3n) is 2.85. The zero-order valence-electron chi connectivity index (χ0n) is 12.4. The van der Waals surface area contributed by atoms with Gasteiger partial charge >= 0.3 is 12.0 Å². The number of carbonyl (C=O) groups is 3. The fraction of sp³-hybridized carbons (Fsp3) is 0.0625. The van der Waals surface area contributed by atoms with E-state index in [0.29, 0.717) is 10.7 Å². The summed E-state index contributed by atoms with van der Waals surface area (Å²) in [7, 11) is 0. The van der Waals surface area contributed by atoms with E-state index in [1.807, 2.05) is 5.32 Å². The van der Waals surface area contributed by atoms with Crippen LogP contribution in [0, 0.1) is 0 Å². The van der Waals surface area contributed by atoms with Crippen molar-refractivity contribution in [1.82, 2.24) is 5.32 Å². The molecule has 0 aromatic heterocycles. The fourth-order valence-corrected chi connectivity index (χ4v) is 1.93. The van der Waals surface area contributed by atoms with Gasteiger partial charge in [-0.2, -0.15) is 0 Å². The van der Waals surface area contributed by atoms with Crippen molar-refractivity contribution in [2.24, 2.45) is 0 Å². The minimum atomic E-state index is -0.811. The first-order chi connectivity index (χ1) is 11.5. The lowest BCUT2D eigenvalue weighted by atomic mass is 10.2. The zero-order chi connectivity index (χ0) is 17.5. The fourth-order valence-electron chi connectivity index (χ4n) is 1.76. The van der Waals surface area contributed by atoms with Crippen LogP contribution in [0.3, 0.4) is 0 Å². The van der Waals surface area contributed by atoms with Crippen LogP contribution < -0.4 is 16.4 Å². The molecule has 0 aliphatic carbocycles. The number of anilines is 2. The SMILES string of the molecule is Nc1ccc(Cl)cc1C(=O)OCC(=O)NC(=O)Nc1ccccc1. The van der Waals surface area contributed by atoms with E-state index in [0.717, 1.165) is 0 Å². The molecule has 8 heteroatoms. The summed E-state index contributed by atoms with van der Waals surface area (Å²) >= 11 is 5.77. The average molecular weight is 348 g/mol. The van der Waals surface area contributed by atoms with Crippen molar-refractivity contribution in [3.63, 3.8) is 0 Å². The van der Waals surface area contributed by atoms with Crippen molar-refractivity contribution < 1.29 is 19.1 Å². The van der Waals surface area contributed by atoms with E-state index < -0.39 is 24.5 Å². The van der Waals surface area contributed by atoms with Crippen LogP contribution in [0.15, 0.2) is 48.5 Å². The summed E-state index contributed by atoms with van der Waals surface area (Å²) < 4.78 is 4.81. The molecule has 2 rings (SSSR count). The first-order valence-corrected chi connectivity index (χ1v) is 7.21. The first-order valence-electron chi connectivity index (χ1n) is 6.84. The standard InChI is InChI=1S/C16H14ClN3O4/c17-10-6-7-13(18)12(8-10)15(22)24-9-14(21)20-16(23)19-11-4-2-1-3-5-11/h1-8H,9,18H2,(H2,19,20,21,23). The van der Waals surface area contributed by atoms with Gasteiger partial charge in [-0.1, -0.05) is 29.8 Å². The average Bonchev–Trinajstić information content (AvgIpc) is 2.55. The summed E-state index contributed by atoms with van der Waals surface area (Å²) in [6, 6.07) is 12.1. The second-order valence-electron chi connectivity index (χ2n) is 4.68. The van der Waals surface area contributed by atoms with Crippen molar-refractivity contribution in [3.05, 3.63) is 59.1 Å². The predicted molar refractivity (Wildman–Crippen MR) is 89.8 cm³/mol. The van der Waals surface area contributed by atoms with Gasteiger partial charge in [0.1, 0.15) is 0 Å². The summed E-state index contributed by atoms with van der Waals surface area (Å²) in [5, 5.41) is 4.81. The number of carbonyl (C=O) groups excluding carboxylic acids is 3. The Morgan fingerprint density at radius 3 is 2.50 bits per heavy atom. The van der Waals surface area contributed by atoms with Crippen LogP contribution in [0.1, 0.15) is 10.4 Å². The highest BCUT2D eigenvalue weighted by Gasteiger charge is 2.15. The van der Waals surface area contributed by atoms with Gasteiger partial charge in [-0.05, 0) is 30.3 Å². The molecule has 3 amide bonds. The topological polar surface area (TPSA) is 111 Å². The van der Waals surface area contributed by atoms with Crippen LogP contribution in [-0.2, 0) is 9.53 Å². The van der Waals surface area contributed by atoms with Gasteiger partial charge in [0.15, 0.2) is 6.61 Å². The van der Waals surface area contributed by atoms with Gasteiger partial charge in [0.25, 0.3) is 5.91 Å². The minimum absolute atomic E-state index is 0.0454. The molecule has 0 saturated carbocycles. The molecule has 0 spiro atoms. The number of ether oxygens (including phenoxy) is 1. The number of nitrogen functional groups attached to an aromatic ring is 1. The zero-order valence-corrected chi connectivity index (χ0v) is 13.2. The molecule has 0 unspecified atom stereocenters. The normalized spacial score (nSPS) is 9.88. The van der Waals surface area contributed by atoms with Crippen LogP contribution in [0.4, 0.5) is 16.2 Å². The number of urea groups is 1. The van der Waals surface area contributed by atoms with E-state index in [-0.39, 0.29) is 11.3 Å². The van der Waals surface area contributed by atoms with Gasteiger partial charge in [0, 0.05) is 16.4 Å². The number of para-hydroxylation sites is 1. The Hall–Kier alpha value is -3.06. The van der Waals surface area contributed by atoms with Crippen LogP contribution in [-0.4, -0.2) is 24.5 Å². The first kappa shape index (κ1) is 17.3. The molecule has 7 nitrogen and oxygen atoms in total. The lowest BCUT2D eigenvalue weighted by molar-refractivity contribution is -0.123. The van der Waals surface area contributed by atoms with Gasteiger partial charge in [-0.3, -0.25) is 10.1 Å². The predicted octanol–water partition coefficient (Wildman–Crippen LogP) is 2.43. The van der Waals surface area contributed by atoms with Gasteiger partial charge in [-0.15, -0.1) is 0 Å². The Kier molecular flexibility index (Phi) is 5.75. The quantitative estimate of drug-likeness (QED) is 0.581. The van der Waals surface area contributed by atoms with Crippen molar-refractivity contribution in [3.8, 4) is 0 Å². The number of hydrogen-bond acceptors (Lipinski definition) is 5. The van der Waals surface area contributed by atoms with Crippen LogP contribution >= 0.6 is 11.6 Å². The molecule has 0 bridgehead atoms. The largest absolute Gasteiger partial charge is 0.452 e. The molecule has 0 radical (unpaired) electrons. The number of halogens is 1. The third kappa shape index (κ3) is 4.99. The number of esters is 1. The maximum Gasteiger partial charge on any atom is 0.340 e. The molecule has 0 aliphatic rings. The molecule has 0 aliphatic heterocycles. The Morgan fingerprint density at radius 1 is 1.08 bits per heavy atom. The van der Waals surface area contributed by atoms with Gasteiger partial charge in [-0.25, -0.2) is 9.59 Å². The Labute approximate surface area is 142 Å².